The van der Waals surface area contributed by atoms with Gasteiger partial charge in [-0.05, 0) is 25.8 Å². The van der Waals surface area contributed by atoms with E-state index in [0.29, 0.717) is 31.2 Å². The number of rotatable bonds is 7. The lowest BCUT2D eigenvalue weighted by Crippen LogP contribution is -2.51. The molecule has 152 valence electrons. The number of carbonyl (C=O) groups excluding carboxylic acids is 1. The van der Waals surface area contributed by atoms with Crippen LogP contribution in [0, 0.1) is 0 Å². The first-order valence-corrected chi connectivity index (χ1v) is 10.1. The van der Waals surface area contributed by atoms with E-state index in [-0.39, 0.29) is 17.3 Å². The van der Waals surface area contributed by atoms with E-state index in [2.05, 4.69) is 31.4 Å². The second-order valence-electron chi connectivity index (χ2n) is 7.62. The number of fused-ring (bicyclic) bond motifs is 1. The quantitative estimate of drug-likeness (QED) is 0.550. The summed E-state index contributed by atoms with van der Waals surface area (Å²) in [4.78, 5) is 12.6. The first-order chi connectivity index (χ1) is 13.3. The number of hydrogen-bond acceptors (Lipinski definition) is 6. The molecule has 0 radical (unpaired) electrons. The first-order valence-electron chi connectivity index (χ1n) is 9.22. The molecule has 4 N–H and O–H groups in total. The van der Waals surface area contributed by atoms with E-state index in [1.807, 2.05) is 34.9 Å². The number of aliphatic hydroxyl groups excluding tert-OH is 1. The van der Waals surface area contributed by atoms with Gasteiger partial charge < -0.3 is 25.5 Å². The highest BCUT2D eigenvalue weighted by Gasteiger charge is 2.33. The van der Waals surface area contributed by atoms with Crippen molar-refractivity contribution in [2.75, 3.05) is 6.61 Å². The molecule has 1 aliphatic rings. The van der Waals surface area contributed by atoms with E-state index in [1.165, 1.54) is 0 Å². The lowest BCUT2D eigenvalue weighted by Gasteiger charge is -2.28. The summed E-state index contributed by atoms with van der Waals surface area (Å²) in [6.45, 7) is 4.50. The molecule has 0 bridgehead atoms. The SMILES string of the molecule is CC(C)(N)C(=O)N[C@H](COCc1ccccc1)c1nnc2n1CC(Br)CC2O. The highest BCUT2D eigenvalue weighted by Crippen LogP contribution is 2.30. The maximum absolute atomic E-state index is 12.5. The van der Waals surface area contributed by atoms with Crippen LogP contribution in [-0.2, 0) is 22.7 Å². The normalized spacial score (nSPS) is 20.5. The minimum atomic E-state index is -1.04. The fourth-order valence-corrected chi connectivity index (χ4v) is 3.68. The predicted molar refractivity (Wildman–Crippen MR) is 108 cm³/mol. The molecule has 0 saturated carbocycles. The van der Waals surface area contributed by atoms with E-state index in [1.54, 1.807) is 13.8 Å². The predicted octanol–water partition coefficient (Wildman–Crippen LogP) is 1.59. The number of amides is 1. The van der Waals surface area contributed by atoms with Crippen LogP contribution in [-0.4, -0.2) is 42.8 Å². The second-order valence-corrected chi connectivity index (χ2v) is 8.92. The zero-order valence-electron chi connectivity index (χ0n) is 16.0. The van der Waals surface area contributed by atoms with Crippen LogP contribution in [0.25, 0.3) is 0 Å². The number of halogens is 1. The van der Waals surface area contributed by atoms with Crippen molar-refractivity contribution < 1.29 is 14.6 Å². The Bertz CT molecular complexity index is 806. The van der Waals surface area contributed by atoms with Crippen molar-refractivity contribution in [3.63, 3.8) is 0 Å². The molecule has 2 heterocycles. The number of aliphatic hydroxyl groups is 1. The number of alkyl halides is 1. The summed E-state index contributed by atoms with van der Waals surface area (Å²) in [6, 6.07) is 9.25. The average molecular weight is 452 g/mol. The maximum atomic E-state index is 12.5. The molecule has 3 atom stereocenters. The molecule has 0 aliphatic carbocycles. The Balaban J connectivity index is 1.79. The maximum Gasteiger partial charge on any atom is 0.240 e. The number of ether oxygens (including phenoxy) is 1. The Hall–Kier alpha value is -1.81. The fraction of sp³-hybridized carbons (Fsp3) is 0.526. The fourth-order valence-electron chi connectivity index (χ4n) is 3.03. The number of nitrogens with two attached hydrogens (primary N) is 1. The first kappa shape index (κ1) is 20.9. The van der Waals surface area contributed by atoms with Crippen molar-refractivity contribution >= 4 is 21.8 Å². The Morgan fingerprint density at radius 3 is 2.82 bits per heavy atom. The lowest BCUT2D eigenvalue weighted by molar-refractivity contribution is -0.126. The van der Waals surface area contributed by atoms with Crippen LogP contribution >= 0.6 is 15.9 Å². The summed E-state index contributed by atoms with van der Waals surface area (Å²) < 4.78 is 7.69. The number of benzene rings is 1. The van der Waals surface area contributed by atoms with Gasteiger partial charge in [-0.25, -0.2) is 0 Å². The molecule has 0 fully saturated rings. The molecule has 3 rings (SSSR count). The molecule has 2 unspecified atom stereocenters. The van der Waals surface area contributed by atoms with Gasteiger partial charge in [0, 0.05) is 11.4 Å². The highest BCUT2D eigenvalue weighted by molar-refractivity contribution is 9.09. The lowest BCUT2D eigenvalue weighted by atomic mass is 10.1. The Labute approximate surface area is 172 Å². The molecule has 1 aliphatic heterocycles. The summed E-state index contributed by atoms with van der Waals surface area (Å²) >= 11 is 3.56. The summed E-state index contributed by atoms with van der Waals surface area (Å²) in [6.07, 6.45) is -0.137. The van der Waals surface area contributed by atoms with Gasteiger partial charge in [-0.1, -0.05) is 46.3 Å². The van der Waals surface area contributed by atoms with Crippen LogP contribution in [0.4, 0.5) is 0 Å². The standard InChI is InChI=1S/C19H26BrN5O3/c1-19(2,21)18(27)22-14(11-28-10-12-6-4-3-5-7-12)16-23-24-17-15(26)8-13(20)9-25(16)17/h3-7,13-15,26H,8-11,21H2,1-2H3,(H,22,27)/t13?,14-,15?/m1/s1. The number of carbonyl (C=O) groups is 1. The van der Waals surface area contributed by atoms with Gasteiger partial charge in [0.05, 0.1) is 18.8 Å². The van der Waals surface area contributed by atoms with Crippen molar-refractivity contribution in [1.29, 1.82) is 0 Å². The van der Waals surface area contributed by atoms with Crippen LogP contribution in [0.5, 0.6) is 0 Å². The van der Waals surface area contributed by atoms with Crippen molar-refractivity contribution in [2.45, 2.75) is 55.9 Å². The molecule has 9 heteroatoms. The third kappa shape index (κ3) is 4.96. The molecular formula is C19H26BrN5O3. The van der Waals surface area contributed by atoms with Gasteiger partial charge in [-0.3, -0.25) is 4.79 Å². The van der Waals surface area contributed by atoms with Crippen molar-refractivity contribution in [1.82, 2.24) is 20.1 Å². The van der Waals surface area contributed by atoms with E-state index < -0.39 is 17.7 Å². The number of hydrogen-bond donors (Lipinski definition) is 3. The molecule has 0 saturated heterocycles. The summed E-state index contributed by atoms with van der Waals surface area (Å²) in [5.74, 6) is 0.730. The molecule has 1 amide bonds. The summed E-state index contributed by atoms with van der Waals surface area (Å²) in [5.41, 5.74) is 5.93. The number of nitrogens with one attached hydrogen (secondary N) is 1. The largest absolute Gasteiger partial charge is 0.385 e. The van der Waals surface area contributed by atoms with E-state index in [4.69, 9.17) is 10.5 Å². The molecule has 1 aromatic heterocycles. The number of aromatic nitrogens is 3. The van der Waals surface area contributed by atoms with E-state index >= 15 is 0 Å². The van der Waals surface area contributed by atoms with Gasteiger partial charge in [0.15, 0.2) is 11.6 Å². The molecular weight excluding hydrogens is 426 g/mol. The molecule has 28 heavy (non-hydrogen) atoms. The van der Waals surface area contributed by atoms with Crippen molar-refractivity contribution in [3.8, 4) is 0 Å². The van der Waals surface area contributed by atoms with Crippen molar-refractivity contribution in [2.24, 2.45) is 5.73 Å². The molecule has 8 nitrogen and oxygen atoms in total. The third-order valence-corrected chi connectivity index (χ3v) is 5.23. The Morgan fingerprint density at radius 1 is 1.43 bits per heavy atom. The highest BCUT2D eigenvalue weighted by atomic mass is 79.9. The van der Waals surface area contributed by atoms with Crippen LogP contribution in [0.3, 0.4) is 0 Å². The van der Waals surface area contributed by atoms with Gasteiger partial charge in [-0.15, -0.1) is 10.2 Å². The topological polar surface area (TPSA) is 115 Å². The van der Waals surface area contributed by atoms with Gasteiger partial charge in [0.2, 0.25) is 5.91 Å². The van der Waals surface area contributed by atoms with Gasteiger partial charge in [0.1, 0.15) is 12.1 Å². The third-order valence-electron chi connectivity index (χ3n) is 4.56. The second kappa shape index (κ2) is 8.69. The van der Waals surface area contributed by atoms with Gasteiger partial charge in [0.25, 0.3) is 0 Å². The van der Waals surface area contributed by atoms with Crippen LogP contribution < -0.4 is 11.1 Å². The Morgan fingerprint density at radius 2 is 2.14 bits per heavy atom. The summed E-state index contributed by atoms with van der Waals surface area (Å²) in [5, 5.41) is 21.6. The minimum absolute atomic E-state index is 0.0947. The summed E-state index contributed by atoms with van der Waals surface area (Å²) in [7, 11) is 0. The zero-order chi connectivity index (χ0) is 20.3. The van der Waals surface area contributed by atoms with Gasteiger partial charge >= 0.3 is 0 Å². The van der Waals surface area contributed by atoms with Crippen LogP contribution in [0.2, 0.25) is 0 Å². The smallest absolute Gasteiger partial charge is 0.240 e. The zero-order valence-corrected chi connectivity index (χ0v) is 17.6. The van der Waals surface area contributed by atoms with Crippen molar-refractivity contribution in [3.05, 3.63) is 47.5 Å². The Kier molecular flexibility index (Phi) is 6.49. The van der Waals surface area contributed by atoms with Crippen LogP contribution in [0.15, 0.2) is 30.3 Å². The average Bonchev–Trinajstić information content (AvgIpc) is 3.05. The van der Waals surface area contributed by atoms with Crippen LogP contribution in [0.1, 0.15) is 49.6 Å². The molecule has 0 spiro atoms. The van der Waals surface area contributed by atoms with E-state index in [0.717, 1.165) is 5.56 Å². The minimum Gasteiger partial charge on any atom is -0.385 e. The monoisotopic (exact) mass is 451 g/mol. The molecule has 1 aromatic carbocycles. The molecule has 2 aromatic rings. The van der Waals surface area contributed by atoms with Gasteiger partial charge in [-0.2, -0.15) is 0 Å². The number of nitrogens with zero attached hydrogens (tertiary/aromatic N) is 3. The van der Waals surface area contributed by atoms with E-state index in [9.17, 15) is 9.90 Å².